The molecule has 1 aliphatic rings. The zero-order valence-corrected chi connectivity index (χ0v) is 8.81. The van der Waals surface area contributed by atoms with Crippen molar-refractivity contribution in [1.82, 2.24) is 4.98 Å². The first-order chi connectivity index (χ1) is 7.22. The molecule has 1 aromatic heterocycles. The van der Waals surface area contributed by atoms with Gasteiger partial charge in [-0.25, -0.2) is 4.98 Å². The van der Waals surface area contributed by atoms with E-state index in [1.807, 2.05) is 0 Å². The smallest absolute Gasteiger partial charge is 0.228 e. The number of amides is 1. The largest absolute Gasteiger partial charge is 0.504 e. The molecule has 1 unspecified atom stereocenters. The Morgan fingerprint density at radius 1 is 1.67 bits per heavy atom. The van der Waals surface area contributed by atoms with E-state index in [1.54, 1.807) is 12.3 Å². The quantitative estimate of drug-likeness (QED) is 0.776. The lowest BCUT2D eigenvalue weighted by Crippen LogP contribution is -2.25. The molecule has 0 spiro atoms. The van der Waals surface area contributed by atoms with Gasteiger partial charge in [0.25, 0.3) is 0 Å². The molecule has 1 fully saturated rings. The van der Waals surface area contributed by atoms with Gasteiger partial charge < -0.3 is 5.11 Å². The third-order valence-electron chi connectivity index (χ3n) is 2.45. The summed E-state index contributed by atoms with van der Waals surface area (Å²) >= 11 is 5.70. The molecule has 2 heterocycles. The Kier molecular flexibility index (Phi) is 2.77. The highest BCUT2D eigenvalue weighted by molar-refractivity contribution is 6.18. The van der Waals surface area contributed by atoms with Gasteiger partial charge in [-0.15, -0.1) is 11.6 Å². The number of hydrogen-bond acceptors (Lipinski definition) is 3. The number of hydrogen-bond donors (Lipinski definition) is 1. The van der Waals surface area contributed by atoms with Crippen LogP contribution in [0, 0.1) is 5.92 Å². The molecule has 1 amide bonds. The molecular formula is C10H11ClN2O2. The van der Waals surface area contributed by atoms with Crippen LogP contribution >= 0.6 is 11.6 Å². The number of rotatable bonds is 2. The van der Waals surface area contributed by atoms with E-state index in [-0.39, 0.29) is 17.6 Å². The molecule has 0 bridgehead atoms. The number of aromatic hydroxyl groups is 1. The van der Waals surface area contributed by atoms with Crippen LogP contribution in [-0.2, 0) is 4.79 Å². The summed E-state index contributed by atoms with van der Waals surface area (Å²) in [5.74, 6) is 0.932. The van der Waals surface area contributed by atoms with E-state index in [1.165, 1.54) is 11.0 Å². The molecular weight excluding hydrogens is 216 g/mol. The van der Waals surface area contributed by atoms with Crippen molar-refractivity contribution in [3.05, 3.63) is 18.3 Å². The third kappa shape index (κ3) is 1.90. The minimum absolute atomic E-state index is 0.0288. The predicted molar refractivity (Wildman–Crippen MR) is 57.1 cm³/mol. The Morgan fingerprint density at radius 2 is 2.47 bits per heavy atom. The lowest BCUT2D eigenvalue weighted by Gasteiger charge is -2.15. The Morgan fingerprint density at radius 3 is 3.07 bits per heavy atom. The topological polar surface area (TPSA) is 53.4 Å². The van der Waals surface area contributed by atoms with Crippen LogP contribution in [0.1, 0.15) is 6.42 Å². The Bertz CT molecular complexity index is 383. The average molecular weight is 227 g/mol. The first kappa shape index (κ1) is 10.2. The van der Waals surface area contributed by atoms with Crippen molar-refractivity contribution in [3.8, 4) is 5.75 Å². The monoisotopic (exact) mass is 226 g/mol. The molecule has 2 rings (SSSR count). The lowest BCUT2D eigenvalue weighted by atomic mass is 10.1. The molecule has 0 radical (unpaired) electrons. The fraction of sp³-hybridized carbons (Fsp3) is 0.400. The van der Waals surface area contributed by atoms with Crippen molar-refractivity contribution in [2.24, 2.45) is 5.92 Å². The van der Waals surface area contributed by atoms with E-state index in [9.17, 15) is 9.90 Å². The van der Waals surface area contributed by atoms with E-state index in [4.69, 9.17) is 11.6 Å². The number of carbonyl (C=O) groups excluding carboxylic acids is 1. The van der Waals surface area contributed by atoms with Gasteiger partial charge in [-0.2, -0.15) is 0 Å². The first-order valence-corrected chi connectivity index (χ1v) is 5.26. The van der Waals surface area contributed by atoms with E-state index in [0.717, 1.165) is 0 Å². The normalized spacial score (nSPS) is 21.0. The van der Waals surface area contributed by atoms with Crippen LogP contribution in [0.25, 0.3) is 0 Å². The zero-order chi connectivity index (χ0) is 10.8. The highest BCUT2D eigenvalue weighted by Gasteiger charge is 2.31. The van der Waals surface area contributed by atoms with Crippen LogP contribution < -0.4 is 4.90 Å². The van der Waals surface area contributed by atoms with Crippen molar-refractivity contribution < 1.29 is 9.90 Å². The summed E-state index contributed by atoms with van der Waals surface area (Å²) in [6.45, 7) is 0.535. The van der Waals surface area contributed by atoms with E-state index < -0.39 is 0 Å². The second-order valence-corrected chi connectivity index (χ2v) is 3.88. The van der Waals surface area contributed by atoms with Crippen LogP contribution in [-0.4, -0.2) is 28.4 Å². The molecule has 1 aromatic rings. The maximum Gasteiger partial charge on any atom is 0.228 e. The Balaban J connectivity index is 2.25. The second-order valence-electron chi connectivity index (χ2n) is 3.57. The van der Waals surface area contributed by atoms with Gasteiger partial charge in [-0.05, 0) is 18.1 Å². The molecule has 0 saturated carbocycles. The maximum atomic E-state index is 11.6. The Hall–Kier alpha value is -1.29. The van der Waals surface area contributed by atoms with E-state index >= 15 is 0 Å². The van der Waals surface area contributed by atoms with Gasteiger partial charge in [0.05, 0.1) is 0 Å². The molecule has 1 N–H and O–H groups in total. The lowest BCUT2D eigenvalue weighted by molar-refractivity contribution is -0.117. The standard InChI is InChI=1S/C10H11ClN2O2/c11-5-7-4-9(15)13(6-7)10-8(14)2-1-3-12-10/h1-3,7,14H,4-6H2. The maximum absolute atomic E-state index is 11.6. The van der Waals surface area contributed by atoms with Crippen molar-refractivity contribution in [2.75, 3.05) is 17.3 Å². The van der Waals surface area contributed by atoms with E-state index in [2.05, 4.69) is 4.98 Å². The van der Waals surface area contributed by atoms with Crippen molar-refractivity contribution >= 4 is 23.3 Å². The molecule has 0 aromatic carbocycles. The zero-order valence-electron chi connectivity index (χ0n) is 8.06. The van der Waals surface area contributed by atoms with Crippen LogP contribution in [0.5, 0.6) is 5.75 Å². The van der Waals surface area contributed by atoms with Gasteiger partial charge in [0, 0.05) is 25.0 Å². The summed E-state index contributed by atoms with van der Waals surface area (Å²) in [6.07, 6.45) is 1.98. The molecule has 80 valence electrons. The fourth-order valence-corrected chi connectivity index (χ4v) is 1.89. The minimum Gasteiger partial charge on any atom is -0.504 e. The van der Waals surface area contributed by atoms with Gasteiger partial charge in [0.2, 0.25) is 5.91 Å². The van der Waals surface area contributed by atoms with Gasteiger partial charge in [0.15, 0.2) is 11.6 Å². The number of halogens is 1. The summed E-state index contributed by atoms with van der Waals surface area (Å²) < 4.78 is 0. The number of nitrogens with zero attached hydrogens (tertiary/aromatic N) is 2. The minimum atomic E-state index is -0.0327. The molecule has 5 heteroatoms. The molecule has 4 nitrogen and oxygen atoms in total. The molecule has 1 saturated heterocycles. The SMILES string of the molecule is O=C1CC(CCl)CN1c1ncccc1O. The van der Waals surface area contributed by atoms with Gasteiger partial charge in [-0.1, -0.05) is 0 Å². The van der Waals surface area contributed by atoms with E-state index in [0.29, 0.717) is 24.7 Å². The number of aromatic nitrogens is 1. The second kappa shape index (κ2) is 4.06. The molecule has 0 aliphatic carbocycles. The predicted octanol–water partition coefficient (Wildman–Crippen LogP) is 1.38. The van der Waals surface area contributed by atoms with Gasteiger partial charge in [0.1, 0.15) is 0 Å². The van der Waals surface area contributed by atoms with Gasteiger partial charge in [-0.3, -0.25) is 9.69 Å². The number of pyridine rings is 1. The third-order valence-corrected chi connectivity index (χ3v) is 2.88. The summed E-state index contributed by atoms with van der Waals surface area (Å²) in [5.41, 5.74) is 0. The van der Waals surface area contributed by atoms with Crippen molar-refractivity contribution in [2.45, 2.75) is 6.42 Å². The number of alkyl halides is 1. The number of anilines is 1. The summed E-state index contributed by atoms with van der Waals surface area (Å²) in [4.78, 5) is 17.1. The fourth-order valence-electron chi connectivity index (χ4n) is 1.69. The van der Waals surface area contributed by atoms with Crippen LogP contribution in [0.3, 0.4) is 0 Å². The molecule has 1 aliphatic heterocycles. The summed E-state index contributed by atoms with van der Waals surface area (Å²) in [6, 6.07) is 3.14. The van der Waals surface area contributed by atoms with Crippen molar-refractivity contribution in [1.29, 1.82) is 0 Å². The van der Waals surface area contributed by atoms with Crippen LogP contribution in [0.4, 0.5) is 5.82 Å². The van der Waals surface area contributed by atoms with Crippen LogP contribution in [0.15, 0.2) is 18.3 Å². The molecule has 15 heavy (non-hydrogen) atoms. The first-order valence-electron chi connectivity index (χ1n) is 4.72. The average Bonchev–Trinajstić information content (AvgIpc) is 2.60. The summed E-state index contributed by atoms with van der Waals surface area (Å²) in [7, 11) is 0. The van der Waals surface area contributed by atoms with Crippen LogP contribution in [0.2, 0.25) is 0 Å². The highest BCUT2D eigenvalue weighted by atomic mass is 35.5. The molecule has 1 atom stereocenters. The summed E-state index contributed by atoms with van der Waals surface area (Å²) in [5, 5.41) is 9.56. The number of carbonyl (C=O) groups is 1. The van der Waals surface area contributed by atoms with Gasteiger partial charge >= 0.3 is 0 Å². The van der Waals surface area contributed by atoms with Crippen molar-refractivity contribution in [3.63, 3.8) is 0 Å². The Labute approximate surface area is 92.5 Å². The highest BCUT2D eigenvalue weighted by Crippen LogP contribution is 2.29.